The highest BCUT2D eigenvalue weighted by Gasteiger charge is 2.07. The quantitative estimate of drug-likeness (QED) is 0.571. The molecule has 0 radical (unpaired) electrons. The molecule has 0 aliphatic heterocycles. The molecule has 0 amide bonds. The normalized spacial score (nSPS) is 13.9. The van der Waals surface area contributed by atoms with Crippen LogP contribution in [-0.4, -0.2) is 14.7 Å². The van der Waals surface area contributed by atoms with Gasteiger partial charge in [-0.2, -0.15) is 0 Å². The van der Waals surface area contributed by atoms with Gasteiger partial charge in [-0.3, -0.25) is 11.3 Å². The smallest absolute Gasteiger partial charge is 0.175 e. The third-order valence-electron chi connectivity index (χ3n) is 2.06. The highest BCUT2D eigenvalue weighted by Crippen LogP contribution is 2.15. The van der Waals surface area contributed by atoms with Gasteiger partial charge in [0.1, 0.15) is 0 Å². The van der Waals surface area contributed by atoms with Crippen molar-refractivity contribution in [3.05, 3.63) is 29.8 Å². The maximum absolute atomic E-state index is 11.1. The second-order valence-electron chi connectivity index (χ2n) is 3.23. The molecule has 1 aromatic rings. The van der Waals surface area contributed by atoms with E-state index in [1.807, 2.05) is 6.92 Å². The summed E-state index contributed by atoms with van der Waals surface area (Å²) in [6, 6.07) is 6.68. The number of sulfone groups is 1. The lowest BCUT2D eigenvalue weighted by Crippen LogP contribution is -2.25. The lowest BCUT2D eigenvalue weighted by atomic mass is 10.1. The molecule has 0 fully saturated rings. The zero-order chi connectivity index (χ0) is 10.8. The van der Waals surface area contributed by atoms with E-state index >= 15 is 0 Å². The molecule has 1 atom stereocenters. The molecule has 14 heavy (non-hydrogen) atoms. The van der Waals surface area contributed by atoms with Crippen molar-refractivity contribution < 1.29 is 8.42 Å². The maximum atomic E-state index is 11.1. The van der Waals surface area contributed by atoms with Crippen LogP contribution in [0.1, 0.15) is 18.5 Å². The molecule has 0 aromatic heterocycles. The SMILES string of the molecule is CC(NN)c1ccc(S(C)(=O)=O)cc1. The Morgan fingerprint density at radius 1 is 1.29 bits per heavy atom. The zero-order valence-electron chi connectivity index (χ0n) is 8.19. The van der Waals surface area contributed by atoms with Crippen molar-refractivity contribution >= 4 is 9.84 Å². The molecule has 1 unspecified atom stereocenters. The van der Waals surface area contributed by atoms with E-state index in [4.69, 9.17) is 5.84 Å². The van der Waals surface area contributed by atoms with E-state index in [1.165, 1.54) is 6.26 Å². The highest BCUT2D eigenvalue weighted by molar-refractivity contribution is 7.90. The summed E-state index contributed by atoms with van der Waals surface area (Å²) in [5, 5.41) is 0. The summed E-state index contributed by atoms with van der Waals surface area (Å²) in [6.07, 6.45) is 1.19. The first-order valence-corrected chi connectivity index (χ1v) is 6.10. The Morgan fingerprint density at radius 2 is 1.79 bits per heavy atom. The second-order valence-corrected chi connectivity index (χ2v) is 5.25. The molecule has 5 heteroatoms. The highest BCUT2D eigenvalue weighted by atomic mass is 32.2. The van der Waals surface area contributed by atoms with Gasteiger partial charge in [0, 0.05) is 12.3 Å². The molecule has 0 saturated carbocycles. The first kappa shape index (κ1) is 11.2. The van der Waals surface area contributed by atoms with Gasteiger partial charge in [0.25, 0.3) is 0 Å². The topological polar surface area (TPSA) is 72.2 Å². The van der Waals surface area contributed by atoms with Crippen LogP contribution in [0.3, 0.4) is 0 Å². The van der Waals surface area contributed by atoms with Crippen LogP contribution < -0.4 is 11.3 Å². The fourth-order valence-corrected chi connectivity index (χ4v) is 1.73. The minimum atomic E-state index is -3.10. The van der Waals surface area contributed by atoms with Crippen LogP contribution >= 0.6 is 0 Å². The van der Waals surface area contributed by atoms with Crippen LogP contribution in [0, 0.1) is 0 Å². The van der Waals surface area contributed by atoms with E-state index in [1.54, 1.807) is 24.3 Å². The average Bonchev–Trinajstić information content (AvgIpc) is 2.15. The van der Waals surface area contributed by atoms with Crippen LogP contribution in [0.2, 0.25) is 0 Å². The van der Waals surface area contributed by atoms with E-state index in [0.717, 1.165) is 5.56 Å². The first-order valence-electron chi connectivity index (χ1n) is 4.21. The van der Waals surface area contributed by atoms with Gasteiger partial charge in [-0.25, -0.2) is 8.42 Å². The predicted molar refractivity (Wildman–Crippen MR) is 55.3 cm³/mol. The molecule has 0 aliphatic carbocycles. The van der Waals surface area contributed by atoms with Crippen molar-refractivity contribution in [2.24, 2.45) is 5.84 Å². The lowest BCUT2D eigenvalue weighted by molar-refractivity contribution is 0.597. The molecule has 78 valence electrons. The summed E-state index contributed by atoms with van der Waals surface area (Å²) in [6.45, 7) is 1.90. The Morgan fingerprint density at radius 3 is 2.14 bits per heavy atom. The van der Waals surface area contributed by atoms with Gasteiger partial charge >= 0.3 is 0 Å². The van der Waals surface area contributed by atoms with Crippen molar-refractivity contribution in [2.75, 3.05) is 6.26 Å². The van der Waals surface area contributed by atoms with Crippen molar-refractivity contribution in [3.8, 4) is 0 Å². The Kier molecular flexibility index (Phi) is 3.25. The third kappa shape index (κ3) is 2.54. The van der Waals surface area contributed by atoms with Crippen molar-refractivity contribution in [1.82, 2.24) is 5.43 Å². The van der Waals surface area contributed by atoms with Crippen molar-refractivity contribution in [3.63, 3.8) is 0 Å². The molecular weight excluding hydrogens is 200 g/mol. The largest absolute Gasteiger partial charge is 0.271 e. The minimum absolute atomic E-state index is 0.0172. The van der Waals surface area contributed by atoms with E-state index < -0.39 is 9.84 Å². The average molecular weight is 214 g/mol. The van der Waals surface area contributed by atoms with E-state index in [-0.39, 0.29) is 6.04 Å². The number of rotatable bonds is 3. The zero-order valence-corrected chi connectivity index (χ0v) is 9.01. The Hall–Kier alpha value is -0.910. The second kappa shape index (κ2) is 4.08. The number of hydrogen-bond acceptors (Lipinski definition) is 4. The van der Waals surface area contributed by atoms with Crippen LogP contribution in [0.4, 0.5) is 0 Å². The van der Waals surface area contributed by atoms with Crippen LogP contribution in [0.25, 0.3) is 0 Å². The number of hydrazine groups is 1. The molecule has 3 N–H and O–H groups in total. The van der Waals surface area contributed by atoms with Gasteiger partial charge in [-0.05, 0) is 24.6 Å². The molecule has 4 nitrogen and oxygen atoms in total. The summed E-state index contributed by atoms with van der Waals surface area (Å²) < 4.78 is 22.3. The van der Waals surface area contributed by atoms with E-state index in [0.29, 0.717) is 4.90 Å². The Balaban J connectivity index is 3.01. The Labute approximate surface area is 84.0 Å². The fourth-order valence-electron chi connectivity index (χ4n) is 1.10. The predicted octanol–water partition coefficient (Wildman–Crippen LogP) is 0.614. The Bertz CT molecular complexity index is 397. The number of hydrogen-bond donors (Lipinski definition) is 2. The molecule has 0 bridgehead atoms. The van der Waals surface area contributed by atoms with Crippen LogP contribution in [0.5, 0.6) is 0 Å². The molecule has 1 aromatic carbocycles. The molecule has 0 aliphatic rings. The monoisotopic (exact) mass is 214 g/mol. The van der Waals surface area contributed by atoms with Gasteiger partial charge in [0.2, 0.25) is 0 Å². The summed E-state index contributed by atoms with van der Waals surface area (Å²) in [5.41, 5.74) is 3.55. The summed E-state index contributed by atoms with van der Waals surface area (Å²) >= 11 is 0. The summed E-state index contributed by atoms with van der Waals surface area (Å²) in [7, 11) is -3.10. The third-order valence-corrected chi connectivity index (χ3v) is 3.19. The maximum Gasteiger partial charge on any atom is 0.175 e. The summed E-state index contributed by atoms with van der Waals surface area (Å²) in [5.74, 6) is 5.26. The fraction of sp³-hybridized carbons (Fsp3) is 0.333. The van der Waals surface area contributed by atoms with Crippen LogP contribution in [-0.2, 0) is 9.84 Å². The molecule has 0 heterocycles. The van der Waals surface area contributed by atoms with Crippen LogP contribution in [0.15, 0.2) is 29.2 Å². The first-order chi connectivity index (χ1) is 6.45. The van der Waals surface area contributed by atoms with Gasteiger partial charge in [-0.15, -0.1) is 0 Å². The van der Waals surface area contributed by atoms with Gasteiger partial charge in [0.15, 0.2) is 9.84 Å². The molecular formula is C9H14N2O2S. The number of benzene rings is 1. The molecule has 0 saturated heterocycles. The van der Waals surface area contributed by atoms with Crippen molar-refractivity contribution in [1.29, 1.82) is 0 Å². The minimum Gasteiger partial charge on any atom is -0.271 e. The molecule has 1 rings (SSSR count). The number of nitrogens with one attached hydrogen (secondary N) is 1. The molecule has 0 spiro atoms. The van der Waals surface area contributed by atoms with E-state index in [2.05, 4.69) is 5.43 Å². The van der Waals surface area contributed by atoms with Gasteiger partial charge in [0.05, 0.1) is 4.90 Å². The standard InChI is InChI=1S/C9H14N2O2S/c1-7(11-10)8-3-5-9(6-4-8)14(2,12)13/h3-7,11H,10H2,1-2H3. The van der Waals surface area contributed by atoms with Crippen molar-refractivity contribution in [2.45, 2.75) is 17.9 Å². The lowest BCUT2D eigenvalue weighted by Gasteiger charge is -2.10. The van der Waals surface area contributed by atoms with Gasteiger partial charge in [-0.1, -0.05) is 12.1 Å². The number of nitrogens with two attached hydrogens (primary N) is 1. The van der Waals surface area contributed by atoms with Gasteiger partial charge < -0.3 is 0 Å². The van der Waals surface area contributed by atoms with E-state index in [9.17, 15) is 8.42 Å². The summed E-state index contributed by atoms with van der Waals surface area (Å²) in [4.78, 5) is 0.325.